The highest BCUT2D eigenvalue weighted by Crippen LogP contribution is 2.21. The van der Waals surface area contributed by atoms with Crippen LogP contribution in [0.4, 0.5) is 15.8 Å². The quantitative estimate of drug-likeness (QED) is 0.452. The summed E-state index contributed by atoms with van der Waals surface area (Å²) in [5.74, 6) is -1.96. The molecular weight excluding hydrogens is 359 g/mol. The van der Waals surface area contributed by atoms with Gasteiger partial charge in [0.25, 0.3) is 5.91 Å². The molecule has 1 amide bonds. The fourth-order valence-corrected chi connectivity index (χ4v) is 2.11. The number of ether oxygens (including phenoxy) is 2. The minimum absolute atomic E-state index is 0.00999. The highest BCUT2D eigenvalue weighted by molar-refractivity contribution is 5.93. The van der Waals surface area contributed by atoms with Crippen LogP contribution in [-0.4, -0.2) is 30.0 Å². The van der Waals surface area contributed by atoms with Gasteiger partial charge < -0.3 is 14.8 Å². The lowest BCUT2D eigenvalue weighted by atomic mass is 10.1. The lowest BCUT2D eigenvalue weighted by molar-refractivity contribution is -0.387. The van der Waals surface area contributed by atoms with E-state index in [-0.39, 0.29) is 12.3 Å². The number of nitrogens with zero attached hydrogens (tertiary/aromatic N) is 1. The van der Waals surface area contributed by atoms with Crippen molar-refractivity contribution in [1.82, 2.24) is 0 Å². The normalized spacial score (nSPS) is 10.2. The smallest absolute Gasteiger partial charge is 0.344 e. The summed E-state index contributed by atoms with van der Waals surface area (Å²) in [6.07, 6.45) is 0. The van der Waals surface area contributed by atoms with Gasteiger partial charge in [-0.3, -0.25) is 14.9 Å². The van der Waals surface area contributed by atoms with Crippen LogP contribution in [0.5, 0.6) is 5.75 Å². The van der Waals surface area contributed by atoms with Gasteiger partial charge in [-0.2, -0.15) is 4.39 Å². The van der Waals surface area contributed by atoms with Gasteiger partial charge in [-0.1, -0.05) is 12.1 Å². The molecular formula is C18H17FN2O6. The lowest BCUT2D eigenvalue weighted by Crippen LogP contribution is -2.23. The Morgan fingerprint density at radius 3 is 2.59 bits per heavy atom. The van der Waals surface area contributed by atoms with E-state index in [2.05, 4.69) is 5.32 Å². The van der Waals surface area contributed by atoms with Crippen molar-refractivity contribution in [2.45, 2.75) is 13.8 Å². The van der Waals surface area contributed by atoms with Gasteiger partial charge in [0.05, 0.1) is 4.92 Å². The van der Waals surface area contributed by atoms with Crippen molar-refractivity contribution in [1.29, 1.82) is 0 Å². The Morgan fingerprint density at radius 2 is 1.89 bits per heavy atom. The van der Waals surface area contributed by atoms with Crippen LogP contribution in [-0.2, 0) is 14.3 Å². The zero-order valence-electron chi connectivity index (χ0n) is 14.7. The molecule has 0 fully saturated rings. The fraction of sp³-hybridized carbons (Fsp3) is 0.222. The average Bonchev–Trinajstić information content (AvgIpc) is 2.62. The number of carbonyl (C=O) groups is 2. The highest BCUT2D eigenvalue weighted by Gasteiger charge is 2.16. The molecule has 27 heavy (non-hydrogen) atoms. The standard InChI is InChI=1S/C18H17FN2O6/c1-11-3-4-12(2)16(7-11)26-10-18(23)27-9-17(22)20-13-5-6-14(19)15(8-13)21(24)25/h3-8H,9-10H2,1-2H3,(H,20,22). The van der Waals surface area contributed by atoms with Gasteiger partial charge in [0.1, 0.15) is 5.75 Å². The van der Waals surface area contributed by atoms with E-state index < -0.39 is 34.9 Å². The zero-order valence-corrected chi connectivity index (χ0v) is 14.7. The second-order valence-corrected chi connectivity index (χ2v) is 5.69. The average molecular weight is 376 g/mol. The van der Waals surface area contributed by atoms with Gasteiger partial charge in [0.2, 0.25) is 5.82 Å². The Labute approximate surface area is 154 Å². The summed E-state index contributed by atoms with van der Waals surface area (Å²) in [6.45, 7) is 2.73. The summed E-state index contributed by atoms with van der Waals surface area (Å²) in [5, 5.41) is 13.0. The number of anilines is 1. The van der Waals surface area contributed by atoms with E-state index in [1.165, 1.54) is 0 Å². The Bertz CT molecular complexity index is 884. The highest BCUT2D eigenvalue weighted by atomic mass is 19.1. The van der Waals surface area contributed by atoms with E-state index in [9.17, 15) is 24.1 Å². The largest absolute Gasteiger partial charge is 0.482 e. The predicted molar refractivity (Wildman–Crippen MR) is 94.1 cm³/mol. The van der Waals surface area contributed by atoms with Crippen molar-refractivity contribution in [2.24, 2.45) is 0 Å². The number of carbonyl (C=O) groups excluding carboxylic acids is 2. The van der Waals surface area contributed by atoms with Gasteiger partial charge in [-0.05, 0) is 43.2 Å². The van der Waals surface area contributed by atoms with E-state index >= 15 is 0 Å². The van der Waals surface area contributed by atoms with Crippen molar-refractivity contribution in [3.05, 3.63) is 63.5 Å². The number of nitro groups is 1. The van der Waals surface area contributed by atoms with Gasteiger partial charge in [0, 0.05) is 11.8 Å². The molecule has 0 atom stereocenters. The SMILES string of the molecule is Cc1ccc(C)c(OCC(=O)OCC(=O)Nc2ccc(F)c([N+](=O)[O-])c2)c1. The van der Waals surface area contributed by atoms with E-state index in [0.717, 1.165) is 29.3 Å². The molecule has 0 aliphatic carbocycles. The first-order valence-electron chi connectivity index (χ1n) is 7.85. The van der Waals surface area contributed by atoms with Crippen LogP contribution in [0.15, 0.2) is 36.4 Å². The molecule has 0 bridgehead atoms. The minimum atomic E-state index is -1.02. The van der Waals surface area contributed by atoms with Crippen molar-refractivity contribution in [2.75, 3.05) is 18.5 Å². The maximum atomic E-state index is 13.3. The maximum Gasteiger partial charge on any atom is 0.344 e. The third-order valence-corrected chi connectivity index (χ3v) is 3.48. The minimum Gasteiger partial charge on any atom is -0.482 e. The molecule has 8 nitrogen and oxygen atoms in total. The Balaban J connectivity index is 1.83. The molecule has 0 aliphatic heterocycles. The molecule has 2 rings (SSSR count). The molecule has 0 saturated carbocycles. The molecule has 0 aliphatic rings. The van der Waals surface area contributed by atoms with Crippen LogP contribution < -0.4 is 10.1 Å². The molecule has 9 heteroatoms. The maximum absolute atomic E-state index is 13.3. The first-order valence-corrected chi connectivity index (χ1v) is 7.85. The third kappa shape index (κ3) is 5.77. The molecule has 2 aromatic carbocycles. The summed E-state index contributed by atoms with van der Waals surface area (Å²) in [4.78, 5) is 33.2. The molecule has 2 aromatic rings. The Morgan fingerprint density at radius 1 is 1.15 bits per heavy atom. The molecule has 142 valence electrons. The van der Waals surface area contributed by atoms with Crippen molar-refractivity contribution in [3.8, 4) is 5.75 Å². The number of esters is 1. The number of nitro benzene ring substituents is 1. The Kier molecular flexibility index (Phi) is 6.42. The van der Waals surface area contributed by atoms with Crippen LogP contribution in [0, 0.1) is 29.8 Å². The molecule has 0 radical (unpaired) electrons. The second kappa shape index (κ2) is 8.75. The number of benzene rings is 2. The fourth-order valence-electron chi connectivity index (χ4n) is 2.11. The van der Waals surface area contributed by atoms with Crippen LogP contribution in [0.25, 0.3) is 0 Å². The number of hydrogen-bond acceptors (Lipinski definition) is 6. The number of nitrogens with one attached hydrogen (secondary N) is 1. The zero-order chi connectivity index (χ0) is 20.0. The molecule has 0 heterocycles. The van der Waals surface area contributed by atoms with E-state index in [4.69, 9.17) is 9.47 Å². The number of halogens is 1. The van der Waals surface area contributed by atoms with Crippen LogP contribution >= 0.6 is 0 Å². The Hall–Kier alpha value is -3.49. The van der Waals surface area contributed by atoms with Crippen LogP contribution in [0.1, 0.15) is 11.1 Å². The molecule has 0 aromatic heterocycles. The second-order valence-electron chi connectivity index (χ2n) is 5.69. The molecule has 0 saturated heterocycles. The van der Waals surface area contributed by atoms with Crippen LogP contribution in [0.2, 0.25) is 0 Å². The first kappa shape index (κ1) is 19.8. The topological polar surface area (TPSA) is 108 Å². The van der Waals surface area contributed by atoms with Crippen molar-refractivity contribution < 1.29 is 28.4 Å². The third-order valence-electron chi connectivity index (χ3n) is 3.48. The number of aryl methyl sites for hydroxylation is 2. The summed E-state index contributed by atoms with van der Waals surface area (Å²) < 4.78 is 23.4. The van der Waals surface area contributed by atoms with E-state index in [1.807, 2.05) is 26.0 Å². The first-order chi connectivity index (χ1) is 12.8. The summed E-state index contributed by atoms with van der Waals surface area (Å²) in [5.41, 5.74) is 1.06. The number of hydrogen-bond donors (Lipinski definition) is 1. The van der Waals surface area contributed by atoms with Crippen molar-refractivity contribution >= 4 is 23.3 Å². The van der Waals surface area contributed by atoms with Gasteiger partial charge in [-0.15, -0.1) is 0 Å². The molecule has 1 N–H and O–H groups in total. The van der Waals surface area contributed by atoms with Gasteiger partial charge in [0.15, 0.2) is 13.2 Å². The van der Waals surface area contributed by atoms with Crippen molar-refractivity contribution in [3.63, 3.8) is 0 Å². The van der Waals surface area contributed by atoms with E-state index in [0.29, 0.717) is 5.75 Å². The lowest BCUT2D eigenvalue weighted by Gasteiger charge is -2.10. The summed E-state index contributed by atoms with van der Waals surface area (Å²) in [7, 11) is 0. The predicted octanol–water partition coefficient (Wildman–Crippen LogP) is 2.91. The van der Waals surface area contributed by atoms with Gasteiger partial charge >= 0.3 is 11.7 Å². The van der Waals surface area contributed by atoms with E-state index in [1.54, 1.807) is 6.07 Å². The monoisotopic (exact) mass is 376 g/mol. The number of amides is 1. The number of rotatable bonds is 7. The molecule has 0 spiro atoms. The molecule has 0 unspecified atom stereocenters. The summed E-state index contributed by atoms with van der Waals surface area (Å²) >= 11 is 0. The van der Waals surface area contributed by atoms with Crippen LogP contribution in [0.3, 0.4) is 0 Å². The summed E-state index contributed by atoms with van der Waals surface area (Å²) in [6, 6.07) is 8.43. The van der Waals surface area contributed by atoms with Gasteiger partial charge in [-0.25, -0.2) is 4.79 Å².